The van der Waals surface area contributed by atoms with E-state index in [1.807, 2.05) is 30.3 Å². The molecule has 0 spiro atoms. The van der Waals surface area contributed by atoms with E-state index in [-0.39, 0.29) is 28.7 Å². The maximum Gasteiger partial charge on any atom is 0.348 e. The number of hydrogen-bond acceptors (Lipinski definition) is 9. The number of aromatic nitrogens is 1. The van der Waals surface area contributed by atoms with Gasteiger partial charge in [0.25, 0.3) is 5.91 Å². The molecule has 0 atom stereocenters. The molecule has 182 valence electrons. The van der Waals surface area contributed by atoms with Gasteiger partial charge in [-0.15, -0.1) is 11.3 Å². The molecule has 0 aliphatic heterocycles. The molecular formula is C25H24N2O7S. The number of para-hydroxylation sites is 1. The number of esters is 3. The second-order valence-corrected chi connectivity index (χ2v) is 8.14. The molecule has 3 aromatic rings. The van der Waals surface area contributed by atoms with Crippen LogP contribution in [0.2, 0.25) is 0 Å². The highest BCUT2D eigenvalue weighted by molar-refractivity contribution is 7.18. The zero-order valence-electron chi connectivity index (χ0n) is 19.5. The van der Waals surface area contributed by atoms with Crippen molar-refractivity contribution in [1.82, 2.24) is 4.98 Å². The molecule has 0 aliphatic carbocycles. The molecule has 1 aromatic carbocycles. The van der Waals surface area contributed by atoms with Crippen molar-refractivity contribution in [2.45, 2.75) is 20.8 Å². The van der Waals surface area contributed by atoms with Gasteiger partial charge in [-0.25, -0.2) is 19.4 Å². The third-order valence-corrected chi connectivity index (χ3v) is 5.88. The van der Waals surface area contributed by atoms with Crippen LogP contribution in [-0.4, -0.2) is 48.6 Å². The molecule has 10 heteroatoms. The van der Waals surface area contributed by atoms with Crippen LogP contribution >= 0.6 is 11.3 Å². The molecule has 0 saturated heterocycles. The van der Waals surface area contributed by atoms with Gasteiger partial charge >= 0.3 is 17.9 Å². The lowest BCUT2D eigenvalue weighted by Gasteiger charge is -2.07. The minimum atomic E-state index is -0.740. The van der Waals surface area contributed by atoms with Crippen LogP contribution in [0.15, 0.2) is 42.5 Å². The SMILES string of the molecule is CCOC(=O)c1sc(NC(=O)COC(=O)/C=C/c2ccc3ccccc3n2)c(C(=O)OCC)c1C. The number of rotatable bonds is 9. The normalized spacial score (nSPS) is 10.8. The number of ether oxygens (including phenoxy) is 3. The van der Waals surface area contributed by atoms with E-state index in [9.17, 15) is 19.2 Å². The Morgan fingerprint density at radius 1 is 0.971 bits per heavy atom. The Balaban J connectivity index is 1.65. The van der Waals surface area contributed by atoms with Gasteiger partial charge in [-0.1, -0.05) is 24.3 Å². The maximum absolute atomic E-state index is 12.4. The summed E-state index contributed by atoms with van der Waals surface area (Å²) >= 11 is 0.889. The molecule has 1 N–H and O–H groups in total. The van der Waals surface area contributed by atoms with Crippen LogP contribution in [0.5, 0.6) is 0 Å². The third kappa shape index (κ3) is 6.51. The quantitative estimate of drug-likeness (QED) is 0.266. The summed E-state index contributed by atoms with van der Waals surface area (Å²) in [4.78, 5) is 53.7. The molecule has 0 radical (unpaired) electrons. The topological polar surface area (TPSA) is 121 Å². The first-order valence-electron chi connectivity index (χ1n) is 10.8. The summed E-state index contributed by atoms with van der Waals surface area (Å²) in [5, 5.41) is 3.60. The van der Waals surface area contributed by atoms with E-state index in [4.69, 9.17) is 14.2 Å². The third-order valence-electron chi connectivity index (χ3n) is 4.70. The number of hydrogen-bond donors (Lipinski definition) is 1. The van der Waals surface area contributed by atoms with Gasteiger partial charge in [0.1, 0.15) is 9.88 Å². The molecular weight excluding hydrogens is 472 g/mol. The number of nitrogens with one attached hydrogen (secondary N) is 1. The molecule has 0 unspecified atom stereocenters. The number of carbonyl (C=O) groups is 4. The highest BCUT2D eigenvalue weighted by Crippen LogP contribution is 2.34. The molecule has 0 fully saturated rings. The first-order valence-corrected chi connectivity index (χ1v) is 11.6. The number of fused-ring (bicyclic) bond motifs is 1. The summed E-state index contributed by atoms with van der Waals surface area (Å²) in [5.74, 6) is -2.72. The van der Waals surface area contributed by atoms with Crippen LogP contribution in [0.1, 0.15) is 45.1 Å². The van der Waals surface area contributed by atoms with Gasteiger partial charge in [0.05, 0.1) is 30.0 Å². The van der Waals surface area contributed by atoms with E-state index >= 15 is 0 Å². The maximum atomic E-state index is 12.4. The minimum absolute atomic E-state index is 0.0573. The van der Waals surface area contributed by atoms with Gasteiger partial charge in [-0.05, 0) is 44.5 Å². The molecule has 0 bridgehead atoms. The second kappa shape index (κ2) is 11.9. The Morgan fingerprint density at radius 2 is 1.69 bits per heavy atom. The Morgan fingerprint density at radius 3 is 2.43 bits per heavy atom. The smallest absolute Gasteiger partial charge is 0.348 e. The molecule has 0 saturated carbocycles. The van der Waals surface area contributed by atoms with Crippen molar-refractivity contribution in [3.8, 4) is 0 Å². The van der Waals surface area contributed by atoms with Crippen molar-refractivity contribution in [3.05, 3.63) is 64.2 Å². The highest BCUT2D eigenvalue weighted by atomic mass is 32.1. The van der Waals surface area contributed by atoms with E-state index in [0.717, 1.165) is 22.2 Å². The van der Waals surface area contributed by atoms with Gasteiger partial charge in [0.2, 0.25) is 0 Å². The van der Waals surface area contributed by atoms with Crippen molar-refractivity contribution >= 4 is 57.1 Å². The summed E-state index contributed by atoms with van der Waals surface area (Å²) < 4.78 is 15.0. The summed E-state index contributed by atoms with van der Waals surface area (Å²) in [5.41, 5.74) is 1.74. The number of nitrogens with zero attached hydrogens (tertiary/aromatic N) is 1. The Labute approximate surface area is 205 Å². The molecule has 2 aromatic heterocycles. The Bertz CT molecular complexity index is 1300. The summed E-state index contributed by atoms with van der Waals surface area (Å²) in [7, 11) is 0. The van der Waals surface area contributed by atoms with Crippen LogP contribution in [0.3, 0.4) is 0 Å². The average molecular weight is 497 g/mol. The number of amides is 1. The second-order valence-electron chi connectivity index (χ2n) is 7.12. The van der Waals surface area contributed by atoms with Crippen molar-refractivity contribution in [3.63, 3.8) is 0 Å². The van der Waals surface area contributed by atoms with Crippen molar-refractivity contribution in [2.75, 3.05) is 25.1 Å². The largest absolute Gasteiger partial charge is 0.462 e. The summed E-state index contributed by atoms with van der Waals surface area (Å²) in [6, 6.07) is 11.2. The lowest BCUT2D eigenvalue weighted by Crippen LogP contribution is -2.21. The average Bonchev–Trinajstić information content (AvgIpc) is 3.17. The number of anilines is 1. The lowest BCUT2D eigenvalue weighted by molar-refractivity contribution is -0.142. The lowest BCUT2D eigenvalue weighted by atomic mass is 10.1. The van der Waals surface area contributed by atoms with Crippen molar-refractivity contribution in [1.29, 1.82) is 0 Å². The van der Waals surface area contributed by atoms with E-state index < -0.39 is 30.4 Å². The predicted octanol–water partition coefficient (Wildman–Crippen LogP) is 4.15. The Kier molecular flexibility index (Phi) is 8.69. The molecule has 3 rings (SSSR count). The number of thiophene rings is 1. The molecule has 0 aliphatic rings. The van der Waals surface area contributed by atoms with Crippen LogP contribution in [-0.2, 0) is 23.8 Å². The minimum Gasteiger partial charge on any atom is -0.462 e. The molecule has 9 nitrogen and oxygen atoms in total. The fourth-order valence-corrected chi connectivity index (χ4v) is 4.22. The number of carbonyl (C=O) groups excluding carboxylic acids is 4. The number of benzene rings is 1. The first-order chi connectivity index (χ1) is 16.8. The fourth-order valence-electron chi connectivity index (χ4n) is 3.12. The summed E-state index contributed by atoms with van der Waals surface area (Å²) in [6.45, 7) is 4.55. The Hall–Kier alpha value is -4.05. The molecule has 1 amide bonds. The zero-order valence-corrected chi connectivity index (χ0v) is 20.3. The van der Waals surface area contributed by atoms with Gasteiger partial charge in [-0.2, -0.15) is 0 Å². The first kappa shape index (κ1) is 25.6. The highest BCUT2D eigenvalue weighted by Gasteiger charge is 2.27. The fraction of sp³-hybridized carbons (Fsp3) is 0.240. The van der Waals surface area contributed by atoms with Crippen LogP contribution in [0, 0.1) is 6.92 Å². The van der Waals surface area contributed by atoms with E-state index in [2.05, 4.69) is 10.3 Å². The summed E-state index contributed by atoms with van der Waals surface area (Å²) in [6.07, 6.45) is 2.66. The van der Waals surface area contributed by atoms with Crippen LogP contribution < -0.4 is 5.32 Å². The van der Waals surface area contributed by atoms with E-state index in [1.54, 1.807) is 26.8 Å². The van der Waals surface area contributed by atoms with Gasteiger partial charge < -0.3 is 19.5 Å². The number of pyridine rings is 1. The monoisotopic (exact) mass is 496 g/mol. The zero-order chi connectivity index (χ0) is 25.4. The van der Waals surface area contributed by atoms with E-state index in [1.165, 1.54) is 12.2 Å². The van der Waals surface area contributed by atoms with Crippen molar-refractivity contribution < 1.29 is 33.4 Å². The van der Waals surface area contributed by atoms with Gasteiger partial charge in [0, 0.05) is 11.5 Å². The van der Waals surface area contributed by atoms with Gasteiger partial charge in [0.15, 0.2) is 6.61 Å². The van der Waals surface area contributed by atoms with Gasteiger partial charge in [-0.3, -0.25) is 4.79 Å². The van der Waals surface area contributed by atoms with Crippen molar-refractivity contribution in [2.24, 2.45) is 0 Å². The van der Waals surface area contributed by atoms with Crippen LogP contribution in [0.4, 0.5) is 5.00 Å². The molecule has 35 heavy (non-hydrogen) atoms. The predicted molar refractivity (Wildman–Crippen MR) is 131 cm³/mol. The van der Waals surface area contributed by atoms with Crippen LogP contribution in [0.25, 0.3) is 17.0 Å². The molecule has 2 heterocycles. The standard InChI is InChI=1S/C25H24N2O7S/c1-4-32-24(30)21-15(3)22(25(31)33-5-2)35-23(21)27-19(28)14-34-20(29)13-12-17-11-10-16-8-6-7-9-18(16)26-17/h6-13H,4-5,14H2,1-3H3,(H,27,28)/b13-12+. The van der Waals surface area contributed by atoms with E-state index in [0.29, 0.717) is 11.3 Å².